The highest BCUT2D eigenvalue weighted by molar-refractivity contribution is 9.10. The molecule has 1 heterocycles. The summed E-state index contributed by atoms with van der Waals surface area (Å²) in [5, 5.41) is 3.54. The van der Waals surface area contributed by atoms with Crippen molar-refractivity contribution in [3.63, 3.8) is 0 Å². The van der Waals surface area contributed by atoms with Crippen LogP contribution in [-0.2, 0) is 4.74 Å². The van der Waals surface area contributed by atoms with E-state index in [1.54, 1.807) is 0 Å². The number of hydrogen-bond acceptors (Lipinski definition) is 3. The highest BCUT2D eigenvalue weighted by Gasteiger charge is 2.26. The Balaban J connectivity index is 2.18. The van der Waals surface area contributed by atoms with Crippen LogP contribution in [0, 0.1) is 0 Å². The molecule has 1 aliphatic rings. The predicted octanol–water partition coefficient (Wildman–Crippen LogP) is 2.04. The number of ether oxygens (including phenoxy) is 1. The summed E-state index contributed by atoms with van der Waals surface area (Å²) in [6.45, 7) is 2.53. The van der Waals surface area contributed by atoms with Crippen LogP contribution in [0.5, 0.6) is 0 Å². The zero-order valence-electron chi connectivity index (χ0n) is 10.3. The van der Waals surface area contributed by atoms with Gasteiger partial charge in [-0.1, -0.05) is 28.1 Å². The van der Waals surface area contributed by atoms with Crippen LogP contribution in [-0.4, -0.2) is 44.8 Å². The standard InChI is InChI=1S/C13H19BrN2O/c1-16(2)13(12-9-17-8-7-15-12)10-3-5-11(14)6-4-10/h3-6,12-13,15H,7-9H2,1-2H3. The van der Waals surface area contributed by atoms with Gasteiger partial charge in [-0.2, -0.15) is 0 Å². The molecule has 2 unspecified atom stereocenters. The van der Waals surface area contributed by atoms with E-state index in [9.17, 15) is 0 Å². The molecule has 0 bridgehead atoms. The Labute approximate surface area is 111 Å². The van der Waals surface area contributed by atoms with Crippen LogP contribution in [0.2, 0.25) is 0 Å². The maximum absolute atomic E-state index is 5.56. The molecule has 94 valence electrons. The van der Waals surface area contributed by atoms with E-state index >= 15 is 0 Å². The summed E-state index contributed by atoms with van der Waals surface area (Å²) < 4.78 is 6.68. The van der Waals surface area contributed by atoms with Crippen molar-refractivity contribution in [3.8, 4) is 0 Å². The van der Waals surface area contributed by atoms with Crippen molar-refractivity contribution < 1.29 is 4.74 Å². The van der Waals surface area contributed by atoms with E-state index < -0.39 is 0 Å². The van der Waals surface area contributed by atoms with E-state index in [1.807, 2.05) is 0 Å². The average Bonchev–Trinajstić information content (AvgIpc) is 2.33. The minimum atomic E-state index is 0.350. The minimum Gasteiger partial charge on any atom is -0.378 e. The second-order valence-corrected chi connectivity index (χ2v) is 5.51. The van der Waals surface area contributed by atoms with Gasteiger partial charge in [0, 0.05) is 11.0 Å². The molecule has 0 amide bonds. The van der Waals surface area contributed by atoms with Crippen LogP contribution in [0.3, 0.4) is 0 Å². The zero-order valence-corrected chi connectivity index (χ0v) is 11.9. The summed E-state index contributed by atoms with van der Waals surface area (Å²) in [5.74, 6) is 0. The molecule has 1 fully saturated rings. The summed E-state index contributed by atoms with van der Waals surface area (Å²) in [6, 6.07) is 9.24. The molecule has 4 heteroatoms. The third-order valence-electron chi connectivity index (χ3n) is 3.10. The van der Waals surface area contributed by atoms with Crippen LogP contribution in [0.25, 0.3) is 0 Å². The molecule has 0 aliphatic carbocycles. The Morgan fingerprint density at radius 2 is 2.06 bits per heavy atom. The number of rotatable bonds is 3. The van der Waals surface area contributed by atoms with E-state index in [2.05, 4.69) is 64.5 Å². The Morgan fingerprint density at radius 3 is 2.59 bits per heavy atom. The fourth-order valence-electron chi connectivity index (χ4n) is 2.34. The molecule has 2 atom stereocenters. The first-order valence-corrected chi connectivity index (χ1v) is 6.71. The molecule has 0 spiro atoms. The van der Waals surface area contributed by atoms with Crippen LogP contribution in [0.1, 0.15) is 11.6 Å². The van der Waals surface area contributed by atoms with Crippen LogP contribution in [0.4, 0.5) is 0 Å². The Bertz CT molecular complexity index is 347. The number of halogens is 1. The molecule has 1 aliphatic heterocycles. The van der Waals surface area contributed by atoms with Gasteiger partial charge in [0.25, 0.3) is 0 Å². The van der Waals surface area contributed by atoms with Crippen molar-refractivity contribution in [2.45, 2.75) is 12.1 Å². The highest BCUT2D eigenvalue weighted by atomic mass is 79.9. The molecule has 0 saturated carbocycles. The van der Waals surface area contributed by atoms with Gasteiger partial charge in [0.15, 0.2) is 0 Å². The van der Waals surface area contributed by atoms with Gasteiger partial charge in [-0.05, 0) is 31.8 Å². The smallest absolute Gasteiger partial charge is 0.0639 e. The first kappa shape index (κ1) is 13.0. The third-order valence-corrected chi connectivity index (χ3v) is 3.63. The number of likely N-dealkylation sites (N-methyl/N-ethyl adjacent to an activating group) is 1. The van der Waals surface area contributed by atoms with Gasteiger partial charge in [-0.15, -0.1) is 0 Å². The van der Waals surface area contributed by atoms with Gasteiger partial charge in [0.1, 0.15) is 0 Å². The fraction of sp³-hybridized carbons (Fsp3) is 0.538. The predicted molar refractivity (Wildman–Crippen MR) is 73.2 cm³/mol. The summed E-state index contributed by atoms with van der Waals surface area (Å²) in [5.41, 5.74) is 1.32. The second-order valence-electron chi connectivity index (χ2n) is 4.60. The van der Waals surface area contributed by atoms with E-state index in [1.165, 1.54) is 5.56 Å². The summed E-state index contributed by atoms with van der Waals surface area (Å²) >= 11 is 3.47. The van der Waals surface area contributed by atoms with E-state index in [0.717, 1.165) is 24.2 Å². The SMILES string of the molecule is CN(C)C(c1ccc(Br)cc1)C1COCCN1. The van der Waals surface area contributed by atoms with Crippen molar-refractivity contribution in [3.05, 3.63) is 34.3 Å². The number of morpholine rings is 1. The van der Waals surface area contributed by atoms with E-state index in [4.69, 9.17) is 4.74 Å². The molecule has 1 aromatic rings. The zero-order chi connectivity index (χ0) is 12.3. The largest absolute Gasteiger partial charge is 0.378 e. The molecule has 3 nitrogen and oxygen atoms in total. The van der Waals surface area contributed by atoms with Gasteiger partial charge in [0.05, 0.1) is 25.3 Å². The van der Waals surface area contributed by atoms with E-state index in [0.29, 0.717) is 12.1 Å². The third kappa shape index (κ3) is 3.28. The second kappa shape index (κ2) is 5.96. The van der Waals surface area contributed by atoms with Gasteiger partial charge in [-0.3, -0.25) is 0 Å². The van der Waals surface area contributed by atoms with Crippen LogP contribution in [0.15, 0.2) is 28.7 Å². The lowest BCUT2D eigenvalue weighted by Gasteiger charge is -2.35. The maximum Gasteiger partial charge on any atom is 0.0639 e. The van der Waals surface area contributed by atoms with Gasteiger partial charge in [-0.25, -0.2) is 0 Å². The maximum atomic E-state index is 5.56. The first-order valence-electron chi connectivity index (χ1n) is 5.91. The van der Waals surface area contributed by atoms with Crippen molar-refractivity contribution in [2.24, 2.45) is 0 Å². The summed E-state index contributed by atoms with van der Waals surface area (Å²) in [6.07, 6.45) is 0. The molecule has 17 heavy (non-hydrogen) atoms. The number of nitrogens with zero attached hydrogens (tertiary/aromatic N) is 1. The van der Waals surface area contributed by atoms with Crippen molar-refractivity contribution >= 4 is 15.9 Å². The molecule has 1 N–H and O–H groups in total. The van der Waals surface area contributed by atoms with Crippen molar-refractivity contribution in [1.29, 1.82) is 0 Å². The number of nitrogens with one attached hydrogen (secondary N) is 1. The quantitative estimate of drug-likeness (QED) is 0.924. The lowest BCUT2D eigenvalue weighted by Crippen LogP contribution is -2.48. The van der Waals surface area contributed by atoms with Crippen molar-refractivity contribution in [1.82, 2.24) is 10.2 Å². The molecular formula is C13H19BrN2O. The monoisotopic (exact) mass is 298 g/mol. The Hall–Kier alpha value is -0.420. The Morgan fingerprint density at radius 1 is 1.35 bits per heavy atom. The molecule has 0 radical (unpaired) electrons. The minimum absolute atomic E-state index is 0.350. The molecule has 2 rings (SSSR count). The first-order chi connectivity index (χ1) is 8.18. The van der Waals surface area contributed by atoms with E-state index in [-0.39, 0.29) is 0 Å². The van der Waals surface area contributed by atoms with Crippen LogP contribution < -0.4 is 5.32 Å². The molecule has 0 aromatic heterocycles. The van der Waals surface area contributed by atoms with Crippen molar-refractivity contribution in [2.75, 3.05) is 33.9 Å². The number of hydrogen-bond donors (Lipinski definition) is 1. The number of benzene rings is 1. The molecule has 1 aromatic carbocycles. The molecular weight excluding hydrogens is 280 g/mol. The lowest BCUT2D eigenvalue weighted by molar-refractivity contribution is 0.0459. The average molecular weight is 299 g/mol. The van der Waals surface area contributed by atoms with Gasteiger partial charge in [0.2, 0.25) is 0 Å². The van der Waals surface area contributed by atoms with Gasteiger partial charge >= 0.3 is 0 Å². The van der Waals surface area contributed by atoms with Gasteiger partial charge < -0.3 is 15.0 Å². The normalized spacial score (nSPS) is 22.7. The fourth-order valence-corrected chi connectivity index (χ4v) is 2.60. The van der Waals surface area contributed by atoms with Crippen LogP contribution >= 0.6 is 15.9 Å². The highest BCUT2D eigenvalue weighted by Crippen LogP contribution is 2.25. The Kier molecular flexibility index (Phi) is 4.56. The topological polar surface area (TPSA) is 24.5 Å². The molecule has 1 saturated heterocycles. The lowest BCUT2D eigenvalue weighted by atomic mass is 9.98. The summed E-state index contributed by atoms with van der Waals surface area (Å²) in [7, 11) is 4.23. The summed E-state index contributed by atoms with van der Waals surface area (Å²) in [4.78, 5) is 2.25.